The Hall–Kier alpha value is -3.20. The fourth-order valence-electron chi connectivity index (χ4n) is 3.65. The van der Waals surface area contributed by atoms with Crippen LogP contribution in [0.5, 0.6) is 5.75 Å². The van der Waals surface area contributed by atoms with E-state index < -0.39 is 0 Å². The van der Waals surface area contributed by atoms with Crippen LogP contribution in [0.15, 0.2) is 79.0 Å². The summed E-state index contributed by atoms with van der Waals surface area (Å²) >= 11 is 0. The highest BCUT2D eigenvalue weighted by Gasteiger charge is 2.20. The van der Waals surface area contributed by atoms with E-state index >= 15 is 0 Å². The summed E-state index contributed by atoms with van der Waals surface area (Å²) in [6, 6.07) is 25.7. The lowest BCUT2D eigenvalue weighted by Crippen LogP contribution is -2.09. The van der Waals surface area contributed by atoms with E-state index in [0.717, 1.165) is 11.3 Å². The van der Waals surface area contributed by atoms with Gasteiger partial charge in [-0.05, 0) is 47.0 Å². The standard InChI is InChI=1S/C24H24N2O/c1-26(2)19-12-8-17(9-13-19)24(18-10-14-20(27-3)15-11-18)22-16-25-23-7-5-4-6-21(22)23/h4-16,24-25H,1-3H3. The van der Waals surface area contributed by atoms with Gasteiger partial charge in [0, 0.05) is 42.8 Å². The maximum absolute atomic E-state index is 5.35. The third kappa shape index (κ3) is 3.28. The Bertz CT molecular complexity index is 1030. The molecule has 0 aliphatic heterocycles. The van der Waals surface area contributed by atoms with Crippen LogP contribution >= 0.6 is 0 Å². The van der Waals surface area contributed by atoms with Gasteiger partial charge >= 0.3 is 0 Å². The molecule has 0 radical (unpaired) electrons. The minimum absolute atomic E-state index is 0.156. The van der Waals surface area contributed by atoms with Crippen molar-refractivity contribution in [3.63, 3.8) is 0 Å². The topological polar surface area (TPSA) is 28.3 Å². The van der Waals surface area contributed by atoms with Crippen LogP contribution in [0.1, 0.15) is 22.6 Å². The highest BCUT2D eigenvalue weighted by atomic mass is 16.5. The minimum atomic E-state index is 0.156. The number of rotatable bonds is 5. The second-order valence-electron chi connectivity index (χ2n) is 6.98. The Morgan fingerprint density at radius 3 is 2.07 bits per heavy atom. The Kier molecular flexibility index (Phi) is 4.59. The molecule has 1 unspecified atom stereocenters. The van der Waals surface area contributed by atoms with Gasteiger partial charge in [0.1, 0.15) is 5.75 Å². The number of hydrogen-bond acceptors (Lipinski definition) is 2. The molecule has 4 rings (SSSR count). The third-order valence-corrected chi connectivity index (χ3v) is 5.12. The lowest BCUT2D eigenvalue weighted by Gasteiger charge is -2.20. The van der Waals surface area contributed by atoms with Crippen LogP contribution in [-0.2, 0) is 0 Å². The number of nitrogens with zero attached hydrogens (tertiary/aromatic N) is 1. The molecule has 1 N–H and O–H groups in total. The molecule has 0 bridgehead atoms. The zero-order valence-corrected chi connectivity index (χ0v) is 15.9. The molecular weight excluding hydrogens is 332 g/mol. The van der Waals surface area contributed by atoms with E-state index in [1.807, 2.05) is 12.1 Å². The van der Waals surface area contributed by atoms with Crippen LogP contribution in [0.4, 0.5) is 5.69 Å². The average Bonchev–Trinajstić information content (AvgIpc) is 3.13. The van der Waals surface area contributed by atoms with Gasteiger partial charge in [-0.2, -0.15) is 0 Å². The van der Waals surface area contributed by atoms with Crippen molar-refractivity contribution in [3.8, 4) is 5.75 Å². The number of fused-ring (bicyclic) bond motifs is 1. The van der Waals surface area contributed by atoms with E-state index in [9.17, 15) is 0 Å². The Labute approximate surface area is 160 Å². The van der Waals surface area contributed by atoms with Gasteiger partial charge in [0.05, 0.1) is 7.11 Å². The van der Waals surface area contributed by atoms with E-state index in [1.54, 1.807) is 7.11 Å². The maximum Gasteiger partial charge on any atom is 0.118 e. The summed E-state index contributed by atoms with van der Waals surface area (Å²) in [6.07, 6.45) is 2.14. The summed E-state index contributed by atoms with van der Waals surface area (Å²) in [5, 5.41) is 1.26. The van der Waals surface area contributed by atoms with Crippen LogP contribution in [0.2, 0.25) is 0 Å². The lowest BCUT2D eigenvalue weighted by atomic mass is 9.85. The smallest absolute Gasteiger partial charge is 0.118 e. The normalized spacial score (nSPS) is 12.1. The van der Waals surface area contributed by atoms with E-state index in [0.29, 0.717) is 0 Å². The number of benzene rings is 3. The van der Waals surface area contributed by atoms with Gasteiger partial charge in [0.2, 0.25) is 0 Å². The summed E-state index contributed by atoms with van der Waals surface area (Å²) < 4.78 is 5.35. The van der Waals surface area contributed by atoms with Gasteiger partial charge in [-0.3, -0.25) is 0 Å². The van der Waals surface area contributed by atoms with Gasteiger partial charge in [-0.1, -0.05) is 42.5 Å². The van der Waals surface area contributed by atoms with Crippen molar-refractivity contribution in [1.29, 1.82) is 0 Å². The third-order valence-electron chi connectivity index (χ3n) is 5.12. The summed E-state index contributed by atoms with van der Waals surface area (Å²) in [5.41, 5.74) is 6.17. The Balaban J connectivity index is 1.86. The first-order valence-electron chi connectivity index (χ1n) is 9.14. The molecule has 3 nitrogen and oxygen atoms in total. The fourth-order valence-corrected chi connectivity index (χ4v) is 3.65. The summed E-state index contributed by atoms with van der Waals surface area (Å²) in [5.74, 6) is 1.03. The van der Waals surface area contributed by atoms with Crippen LogP contribution in [0, 0.1) is 0 Å². The van der Waals surface area contributed by atoms with E-state index in [2.05, 4.69) is 90.8 Å². The number of methoxy groups -OCH3 is 1. The molecule has 1 atom stereocenters. The monoisotopic (exact) mass is 356 g/mol. The first-order chi connectivity index (χ1) is 13.2. The van der Waals surface area contributed by atoms with Gasteiger partial charge in [0.15, 0.2) is 0 Å². The number of H-pyrrole nitrogens is 1. The average molecular weight is 356 g/mol. The van der Waals surface area contributed by atoms with Gasteiger partial charge < -0.3 is 14.6 Å². The molecular formula is C24H24N2O. The first kappa shape index (κ1) is 17.2. The van der Waals surface area contributed by atoms with Crippen molar-refractivity contribution >= 4 is 16.6 Å². The number of hydrogen-bond donors (Lipinski definition) is 1. The molecule has 136 valence electrons. The number of aromatic nitrogens is 1. The number of ether oxygens (including phenoxy) is 1. The first-order valence-corrected chi connectivity index (χ1v) is 9.14. The van der Waals surface area contributed by atoms with Crippen LogP contribution in [0.25, 0.3) is 10.9 Å². The summed E-state index contributed by atoms with van der Waals surface area (Å²) in [6.45, 7) is 0. The van der Waals surface area contributed by atoms with Crippen molar-refractivity contribution in [2.75, 3.05) is 26.1 Å². The molecule has 0 spiro atoms. The van der Waals surface area contributed by atoms with Crippen LogP contribution in [0.3, 0.4) is 0 Å². The van der Waals surface area contributed by atoms with E-state index in [-0.39, 0.29) is 5.92 Å². The molecule has 0 amide bonds. The molecule has 27 heavy (non-hydrogen) atoms. The lowest BCUT2D eigenvalue weighted by molar-refractivity contribution is 0.414. The quantitative estimate of drug-likeness (QED) is 0.517. The van der Waals surface area contributed by atoms with Crippen molar-refractivity contribution in [3.05, 3.63) is 95.7 Å². The molecule has 1 aromatic heterocycles. The largest absolute Gasteiger partial charge is 0.497 e. The van der Waals surface area contributed by atoms with Crippen molar-refractivity contribution in [2.24, 2.45) is 0 Å². The van der Waals surface area contributed by atoms with Crippen molar-refractivity contribution in [2.45, 2.75) is 5.92 Å². The minimum Gasteiger partial charge on any atom is -0.497 e. The predicted molar refractivity (Wildman–Crippen MR) is 113 cm³/mol. The summed E-state index contributed by atoms with van der Waals surface area (Å²) in [4.78, 5) is 5.55. The number of para-hydroxylation sites is 1. The number of aromatic amines is 1. The van der Waals surface area contributed by atoms with Crippen molar-refractivity contribution < 1.29 is 4.74 Å². The Morgan fingerprint density at radius 1 is 0.815 bits per heavy atom. The zero-order valence-electron chi connectivity index (χ0n) is 15.9. The molecule has 4 aromatic rings. The molecule has 0 fully saturated rings. The van der Waals surface area contributed by atoms with E-state index in [4.69, 9.17) is 4.74 Å². The van der Waals surface area contributed by atoms with E-state index in [1.165, 1.54) is 27.8 Å². The molecule has 3 aromatic carbocycles. The Morgan fingerprint density at radius 2 is 1.44 bits per heavy atom. The second-order valence-corrected chi connectivity index (χ2v) is 6.98. The van der Waals surface area contributed by atoms with Gasteiger partial charge in [0.25, 0.3) is 0 Å². The molecule has 0 saturated heterocycles. The molecule has 0 saturated carbocycles. The van der Waals surface area contributed by atoms with Crippen molar-refractivity contribution in [1.82, 2.24) is 4.98 Å². The number of nitrogens with one attached hydrogen (secondary N) is 1. The van der Waals surface area contributed by atoms with Gasteiger partial charge in [-0.15, -0.1) is 0 Å². The predicted octanol–water partition coefficient (Wildman–Crippen LogP) is 5.42. The summed E-state index contributed by atoms with van der Waals surface area (Å²) in [7, 11) is 5.83. The highest BCUT2D eigenvalue weighted by Crippen LogP contribution is 2.37. The molecule has 0 aliphatic rings. The SMILES string of the molecule is COc1ccc(C(c2ccc(N(C)C)cc2)c2c[nH]c3ccccc23)cc1. The second kappa shape index (κ2) is 7.20. The molecule has 0 aliphatic carbocycles. The molecule has 1 heterocycles. The van der Waals surface area contributed by atoms with Crippen LogP contribution in [-0.4, -0.2) is 26.2 Å². The molecule has 3 heteroatoms. The van der Waals surface area contributed by atoms with Gasteiger partial charge in [-0.25, -0.2) is 0 Å². The van der Waals surface area contributed by atoms with Crippen LogP contribution < -0.4 is 9.64 Å². The maximum atomic E-state index is 5.35. The highest BCUT2D eigenvalue weighted by molar-refractivity contribution is 5.84. The fraction of sp³-hybridized carbons (Fsp3) is 0.167. The zero-order chi connectivity index (χ0) is 18.8. The number of anilines is 1.